The summed E-state index contributed by atoms with van der Waals surface area (Å²) in [5.74, 6) is -0.106. The monoisotopic (exact) mass is 284 g/mol. The van der Waals surface area contributed by atoms with Crippen molar-refractivity contribution in [3.8, 4) is 0 Å². The van der Waals surface area contributed by atoms with Gasteiger partial charge in [0.15, 0.2) is 0 Å². The number of ether oxygens (including phenoxy) is 2. The molecule has 2 aliphatic rings. The largest absolute Gasteiger partial charge is 0.376 e. The van der Waals surface area contributed by atoms with Crippen molar-refractivity contribution in [2.75, 3.05) is 26.4 Å². The third kappa shape index (κ3) is 2.96. The number of rotatable bonds is 3. The molecule has 2 heterocycles. The molecule has 2 rings (SSSR count). The van der Waals surface area contributed by atoms with Gasteiger partial charge < -0.3 is 19.7 Å². The molecule has 1 N–H and O–H groups in total. The molecule has 0 aromatic heterocycles. The van der Waals surface area contributed by atoms with Gasteiger partial charge in [-0.1, -0.05) is 13.8 Å². The van der Waals surface area contributed by atoms with Crippen molar-refractivity contribution in [3.63, 3.8) is 0 Å². The summed E-state index contributed by atoms with van der Waals surface area (Å²) in [6.07, 6.45) is -0.157. The molecular formula is C14H24N2O4. The molecule has 6 nitrogen and oxygen atoms in total. The Hall–Kier alpha value is -1.14. The minimum atomic E-state index is -0.863. The molecule has 2 unspecified atom stereocenters. The summed E-state index contributed by atoms with van der Waals surface area (Å²) in [7, 11) is 0. The third-order valence-corrected chi connectivity index (χ3v) is 3.75. The molecule has 0 bridgehead atoms. The highest BCUT2D eigenvalue weighted by Gasteiger charge is 2.47. The Morgan fingerprint density at radius 3 is 2.60 bits per heavy atom. The molecule has 0 spiro atoms. The lowest BCUT2D eigenvalue weighted by atomic mass is 9.91. The second-order valence-electron chi connectivity index (χ2n) is 6.33. The Morgan fingerprint density at radius 1 is 1.35 bits per heavy atom. The van der Waals surface area contributed by atoms with Gasteiger partial charge >= 0.3 is 0 Å². The Labute approximate surface area is 119 Å². The van der Waals surface area contributed by atoms with E-state index < -0.39 is 11.6 Å². The van der Waals surface area contributed by atoms with Crippen LogP contribution in [0, 0.1) is 5.92 Å². The minimum absolute atomic E-state index is 0.0551. The number of carbonyl (C=O) groups excluding carboxylic acids is 2. The first kappa shape index (κ1) is 15.3. The van der Waals surface area contributed by atoms with Crippen LogP contribution in [0.3, 0.4) is 0 Å². The highest BCUT2D eigenvalue weighted by Crippen LogP contribution is 2.23. The first-order valence-electron chi connectivity index (χ1n) is 7.15. The molecule has 114 valence electrons. The van der Waals surface area contributed by atoms with Crippen molar-refractivity contribution in [2.24, 2.45) is 5.92 Å². The normalized spacial score (nSPS) is 30.6. The van der Waals surface area contributed by atoms with Crippen molar-refractivity contribution in [3.05, 3.63) is 0 Å². The van der Waals surface area contributed by atoms with Gasteiger partial charge in [-0.2, -0.15) is 0 Å². The SMILES string of the molecule is CC(C)C1C(=O)NC(C)(C)C(=O)N1CC1COCCO1. The maximum Gasteiger partial charge on any atom is 0.248 e. The van der Waals surface area contributed by atoms with Crippen LogP contribution in [-0.2, 0) is 19.1 Å². The van der Waals surface area contributed by atoms with Crippen LogP contribution in [0.2, 0.25) is 0 Å². The van der Waals surface area contributed by atoms with Crippen LogP contribution in [0.4, 0.5) is 0 Å². The van der Waals surface area contributed by atoms with Crippen LogP contribution in [-0.4, -0.2) is 60.8 Å². The maximum atomic E-state index is 12.6. The number of hydrogen-bond acceptors (Lipinski definition) is 4. The summed E-state index contributed by atoms with van der Waals surface area (Å²) in [5, 5.41) is 2.80. The summed E-state index contributed by atoms with van der Waals surface area (Å²) in [6, 6.07) is -0.443. The maximum absolute atomic E-state index is 12.6. The van der Waals surface area contributed by atoms with Gasteiger partial charge in [-0.15, -0.1) is 0 Å². The van der Waals surface area contributed by atoms with E-state index in [9.17, 15) is 9.59 Å². The van der Waals surface area contributed by atoms with Gasteiger partial charge in [0.05, 0.1) is 32.5 Å². The number of carbonyl (C=O) groups is 2. The highest BCUT2D eigenvalue weighted by atomic mass is 16.6. The van der Waals surface area contributed by atoms with Crippen LogP contribution in [0.5, 0.6) is 0 Å². The van der Waals surface area contributed by atoms with Gasteiger partial charge in [-0.3, -0.25) is 9.59 Å². The molecule has 2 atom stereocenters. The molecular weight excluding hydrogens is 260 g/mol. The summed E-state index contributed by atoms with van der Waals surface area (Å²) in [5.41, 5.74) is -0.863. The zero-order valence-corrected chi connectivity index (χ0v) is 12.6. The van der Waals surface area contributed by atoms with Gasteiger partial charge in [0.1, 0.15) is 11.6 Å². The van der Waals surface area contributed by atoms with E-state index in [1.165, 1.54) is 0 Å². The fourth-order valence-electron chi connectivity index (χ4n) is 2.78. The first-order valence-corrected chi connectivity index (χ1v) is 7.15. The molecule has 2 aliphatic heterocycles. The van der Waals surface area contributed by atoms with Crippen molar-refractivity contribution < 1.29 is 19.1 Å². The van der Waals surface area contributed by atoms with Crippen LogP contribution in [0.1, 0.15) is 27.7 Å². The predicted molar refractivity (Wildman–Crippen MR) is 73.1 cm³/mol. The third-order valence-electron chi connectivity index (χ3n) is 3.75. The minimum Gasteiger partial charge on any atom is -0.376 e. The van der Waals surface area contributed by atoms with E-state index in [1.807, 2.05) is 13.8 Å². The second kappa shape index (κ2) is 5.69. The molecule has 0 aliphatic carbocycles. The Morgan fingerprint density at radius 2 is 2.05 bits per heavy atom. The van der Waals surface area contributed by atoms with Crippen molar-refractivity contribution in [2.45, 2.75) is 45.4 Å². The fourth-order valence-corrected chi connectivity index (χ4v) is 2.78. The summed E-state index contributed by atoms with van der Waals surface area (Å²) in [4.78, 5) is 26.5. The van der Waals surface area contributed by atoms with Gasteiger partial charge in [-0.25, -0.2) is 0 Å². The summed E-state index contributed by atoms with van der Waals surface area (Å²) >= 11 is 0. The topological polar surface area (TPSA) is 67.9 Å². The number of amides is 2. The molecule has 0 saturated carbocycles. The average molecular weight is 284 g/mol. The molecule has 2 amide bonds. The number of hydrogen-bond donors (Lipinski definition) is 1. The smallest absolute Gasteiger partial charge is 0.248 e. The van der Waals surface area contributed by atoms with Crippen LogP contribution < -0.4 is 5.32 Å². The van der Waals surface area contributed by atoms with Gasteiger partial charge in [-0.05, 0) is 19.8 Å². The molecule has 6 heteroatoms. The van der Waals surface area contributed by atoms with Crippen LogP contribution >= 0.6 is 0 Å². The van der Waals surface area contributed by atoms with Gasteiger partial charge in [0, 0.05) is 0 Å². The number of nitrogens with one attached hydrogen (secondary N) is 1. The van der Waals surface area contributed by atoms with Crippen molar-refractivity contribution >= 4 is 11.8 Å². The molecule has 20 heavy (non-hydrogen) atoms. The predicted octanol–water partition coefficient (Wildman–Crippen LogP) is 0.163. The molecule has 2 saturated heterocycles. The van der Waals surface area contributed by atoms with Crippen molar-refractivity contribution in [1.29, 1.82) is 0 Å². The van der Waals surface area contributed by atoms with Crippen LogP contribution in [0.15, 0.2) is 0 Å². The van der Waals surface area contributed by atoms with E-state index in [1.54, 1.807) is 18.7 Å². The molecule has 0 radical (unpaired) electrons. The first-order chi connectivity index (χ1) is 9.33. The number of piperazine rings is 1. The average Bonchev–Trinajstić information content (AvgIpc) is 2.36. The zero-order valence-electron chi connectivity index (χ0n) is 12.6. The van der Waals surface area contributed by atoms with E-state index in [4.69, 9.17) is 9.47 Å². The summed E-state index contributed by atoms with van der Waals surface area (Å²) < 4.78 is 11.0. The fraction of sp³-hybridized carbons (Fsp3) is 0.857. The van der Waals surface area contributed by atoms with Gasteiger partial charge in [0.2, 0.25) is 11.8 Å². The molecule has 2 fully saturated rings. The lowest BCUT2D eigenvalue weighted by molar-refractivity contribution is -0.161. The van der Waals surface area contributed by atoms with Crippen molar-refractivity contribution in [1.82, 2.24) is 10.2 Å². The van der Waals surface area contributed by atoms with E-state index in [-0.39, 0.29) is 23.8 Å². The number of nitrogens with zero attached hydrogens (tertiary/aromatic N) is 1. The quantitative estimate of drug-likeness (QED) is 0.802. The van der Waals surface area contributed by atoms with E-state index in [2.05, 4.69) is 5.32 Å². The van der Waals surface area contributed by atoms with Gasteiger partial charge in [0.25, 0.3) is 0 Å². The molecule has 0 aromatic carbocycles. The lowest BCUT2D eigenvalue weighted by Gasteiger charge is -2.45. The van der Waals surface area contributed by atoms with E-state index in [0.717, 1.165) is 0 Å². The highest BCUT2D eigenvalue weighted by molar-refractivity contribution is 5.99. The van der Waals surface area contributed by atoms with Crippen LogP contribution in [0.25, 0.3) is 0 Å². The second-order valence-corrected chi connectivity index (χ2v) is 6.33. The molecule has 0 aromatic rings. The Bertz CT molecular complexity index is 389. The Balaban J connectivity index is 2.18. The Kier molecular flexibility index (Phi) is 4.34. The van der Waals surface area contributed by atoms with E-state index >= 15 is 0 Å². The summed E-state index contributed by atoms with van der Waals surface area (Å²) in [6.45, 7) is 9.35. The standard InChI is InChI=1S/C14H24N2O4/c1-9(2)11-12(17)15-14(3,4)13(18)16(11)7-10-8-19-5-6-20-10/h9-11H,5-8H2,1-4H3,(H,15,17). The van der Waals surface area contributed by atoms with E-state index in [0.29, 0.717) is 26.4 Å². The zero-order chi connectivity index (χ0) is 14.9. The lowest BCUT2D eigenvalue weighted by Crippen LogP contribution is -2.70.